The van der Waals surface area contributed by atoms with Gasteiger partial charge in [0.15, 0.2) is 0 Å². The van der Waals surface area contributed by atoms with Crippen molar-refractivity contribution in [2.24, 2.45) is 11.8 Å². The molecule has 10 rings (SSSR count). The van der Waals surface area contributed by atoms with Gasteiger partial charge in [0.05, 0.1) is 25.7 Å². The predicted molar refractivity (Wildman–Crippen MR) is 225 cm³/mol. The van der Waals surface area contributed by atoms with Crippen LogP contribution in [0.2, 0.25) is 0 Å². The molecule has 55 heavy (non-hydrogen) atoms. The molecule has 1 N–H and O–H groups in total. The molecule has 6 aromatic carbocycles. The van der Waals surface area contributed by atoms with Gasteiger partial charge in [0, 0.05) is 35.9 Å². The molecule has 2 bridgehead atoms. The average molecular weight is 720 g/mol. The Labute approximate surface area is 324 Å². The van der Waals surface area contributed by atoms with Crippen LogP contribution in [0.5, 0.6) is 5.75 Å². The lowest BCUT2D eigenvalue weighted by molar-refractivity contribution is -0.984. The first-order chi connectivity index (χ1) is 27.1. The standard InChI is InChI=1S/C51H47N2O2/c1-3-35-33-53(29-27-40(35)31-47(53)51(54)43-26-28-52-46-25-24-42(55-2)32-45(43)46)34-41-30-44(36-16-8-4-9-17-36)49(38-20-12-6-13-21-38)50(39-22-14-7-15-23-39)48(41)37-18-10-5-11-19-37/h3-26,28,30,32,35,40,47,51,54H,1,27,29,31,33-34H2,2H3/q+1/t35?,40?,47?,51-,53?/m1/s1. The molecule has 5 atom stereocenters. The van der Waals surface area contributed by atoms with E-state index in [0.717, 1.165) is 59.2 Å². The van der Waals surface area contributed by atoms with Crippen molar-refractivity contribution in [2.45, 2.75) is 31.5 Å². The number of hydrogen-bond donors (Lipinski definition) is 1. The average Bonchev–Trinajstić information content (AvgIpc) is 3.26. The van der Waals surface area contributed by atoms with Gasteiger partial charge in [-0.3, -0.25) is 4.98 Å². The summed E-state index contributed by atoms with van der Waals surface area (Å²) in [5.74, 6) is 1.65. The molecule has 3 saturated heterocycles. The Morgan fingerprint density at radius 2 is 1.35 bits per heavy atom. The molecule has 0 saturated carbocycles. The number of aliphatic hydroxyl groups is 1. The number of piperidine rings is 3. The van der Waals surface area contributed by atoms with Crippen LogP contribution in [0, 0.1) is 11.8 Å². The molecule has 0 aliphatic carbocycles. The molecular weight excluding hydrogens is 673 g/mol. The fraction of sp³-hybridized carbons (Fsp3) is 0.196. The SMILES string of the molecule is C=CC1C[N+]2(Cc3cc(-c4ccccc4)c(-c4ccccc4)c(-c4ccccc4)c3-c3ccccc3)CCC1CC2[C@H](O)c1ccnc2ccc(OC)cc12. The summed E-state index contributed by atoms with van der Waals surface area (Å²) in [4.78, 5) is 4.67. The van der Waals surface area contributed by atoms with E-state index >= 15 is 0 Å². The second-order valence-electron chi connectivity index (χ2n) is 15.4. The van der Waals surface area contributed by atoms with Crippen molar-refractivity contribution in [3.63, 3.8) is 0 Å². The smallest absolute Gasteiger partial charge is 0.131 e. The van der Waals surface area contributed by atoms with E-state index in [1.165, 1.54) is 50.1 Å². The van der Waals surface area contributed by atoms with E-state index in [-0.39, 0.29) is 6.04 Å². The highest BCUT2D eigenvalue weighted by Gasteiger charge is 2.54. The number of ether oxygens (including phenoxy) is 1. The van der Waals surface area contributed by atoms with Crippen molar-refractivity contribution in [2.75, 3.05) is 20.2 Å². The summed E-state index contributed by atoms with van der Waals surface area (Å²) in [5, 5.41) is 13.7. The number of quaternary nitrogens is 1. The normalized spacial score (nSPS) is 20.9. The van der Waals surface area contributed by atoms with Gasteiger partial charge < -0.3 is 14.3 Å². The summed E-state index contributed by atoms with van der Waals surface area (Å²) in [6.07, 6.45) is 5.40. The lowest BCUT2D eigenvalue weighted by Gasteiger charge is -2.58. The van der Waals surface area contributed by atoms with E-state index in [0.29, 0.717) is 11.8 Å². The third-order valence-electron chi connectivity index (χ3n) is 12.5. The summed E-state index contributed by atoms with van der Waals surface area (Å²) >= 11 is 0. The topological polar surface area (TPSA) is 42.4 Å². The zero-order valence-corrected chi connectivity index (χ0v) is 31.4. The summed E-state index contributed by atoms with van der Waals surface area (Å²) in [6.45, 7) is 7.08. The van der Waals surface area contributed by atoms with Gasteiger partial charge in [0.1, 0.15) is 24.4 Å². The molecular formula is C51H47N2O2+. The van der Waals surface area contributed by atoms with Crippen molar-refractivity contribution in [1.29, 1.82) is 0 Å². The van der Waals surface area contributed by atoms with Crippen molar-refractivity contribution < 1.29 is 14.3 Å². The quantitative estimate of drug-likeness (QED) is 0.113. The molecule has 272 valence electrons. The lowest BCUT2D eigenvalue weighted by atomic mass is 9.70. The van der Waals surface area contributed by atoms with Gasteiger partial charge in [-0.25, -0.2) is 0 Å². The van der Waals surface area contributed by atoms with Gasteiger partial charge in [-0.05, 0) is 86.3 Å². The fourth-order valence-corrected chi connectivity index (χ4v) is 9.90. The van der Waals surface area contributed by atoms with Crippen LogP contribution >= 0.6 is 0 Å². The van der Waals surface area contributed by atoms with Crippen LogP contribution in [0.3, 0.4) is 0 Å². The summed E-state index contributed by atoms with van der Waals surface area (Å²) in [5.41, 5.74) is 12.8. The molecule has 0 amide bonds. The van der Waals surface area contributed by atoms with Crippen molar-refractivity contribution in [3.8, 4) is 50.3 Å². The molecule has 1 aromatic heterocycles. The molecule has 0 spiro atoms. The molecule has 3 fully saturated rings. The Kier molecular flexibility index (Phi) is 9.39. The van der Waals surface area contributed by atoms with Crippen LogP contribution in [0.4, 0.5) is 0 Å². The zero-order chi connectivity index (χ0) is 37.4. The number of methoxy groups -OCH3 is 1. The third-order valence-corrected chi connectivity index (χ3v) is 12.5. The van der Waals surface area contributed by atoms with Gasteiger partial charge in [0.25, 0.3) is 0 Å². The molecule has 4 unspecified atom stereocenters. The van der Waals surface area contributed by atoms with E-state index in [9.17, 15) is 5.11 Å². The number of aliphatic hydroxyl groups excluding tert-OH is 1. The van der Waals surface area contributed by atoms with Crippen LogP contribution in [0.15, 0.2) is 171 Å². The summed E-state index contributed by atoms with van der Waals surface area (Å²) in [6, 6.07) is 54.1. The van der Waals surface area contributed by atoms with Crippen LogP contribution < -0.4 is 4.74 Å². The zero-order valence-electron chi connectivity index (χ0n) is 31.4. The Morgan fingerprint density at radius 3 is 1.96 bits per heavy atom. The first-order valence-electron chi connectivity index (χ1n) is 19.6. The van der Waals surface area contributed by atoms with Crippen LogP contribution in [0.25, 0.3) is 55.4 Å². The highest BCUT2D eigenvalue weighted by atomic mass is 16.5. The summed E-state index contributed by atoms with van der Waals surface area (Å²) < 4.78 is 6.43. The molecule has 4 heterocycles. The first kappa shape index (κ1) is 34.9. The second-order valence-corrected chi connectivity index (χ2v) is 15.4. The summed E-state index contributed by atoms with van der Waals surface area (Å²) in [7, 11) is 1.69. The maximum atomic E-state index is 12.8. The largest absolute Gasteiger partial charge is 0.497 e. The van der Waals surface area contributed by atoms with Gasteiger partial charge in [0.2, 0.25) is 0 Å². The van der Waals surface area contributed by atoms with Gasteiger partial charge in [-0.1, -0.05) is 127 Å². The second kappa shape index (κ2) is 14.8. The number of pyridine rings is 1. The predicted octanol–water partition coefficient (Wildman–Crippen LogP) is 11.6. The maximum Gasteiger partial charge on any atom is 0.131 e. The molecule has 0 radical (unpaired) electrons. The Hall–Kier alpha value is -5.81. The van der Waals surface area contributed by atoms with Gasteiger partial charge in [-0.15, -0.1) is 6.58 Å². The minimum absolute atomic E-state index is 0.00970. The van der Waals surface area contributed by atoms with E-state index < -0.39 is 6.10 Å². The van der Waals surface area contributed by atoms with Gasteiger partial charge in [-0.2, -0.15) is 0 Å². The van der Waals surface area contributed by atoms with Crippen LogP contribution in [-0.2, 0) is 6.54 Å². The Balaban J connectivity index is 1.31. The Bertz CT molecular complexity index is 2450. The van der Waals surface area contributed by atoms with Crippen molar-refractivity contribution >= 4 is 10.9 Å². The molecule has 3 aliphatic rings. The molecule has 3 aliphatic heterocycles. The van der Waals surface area contributed by atoms with Crippen LogP contribution in [-0.4, -0.2) is 40.8 Å². The maximum absolute atomic E-state index is 12.8. The third kappa shape index (κ3) is 6.36. The number of nitrogens with zero attached hydrogens (tertiary/aromatic N) is 2. The fourth-order valence-electron chi connectivity index (χ4n) is 9.90. The molecule has 4 nitrogen and oxygen atoms in total. The number of hydrogen-bond acceptors (Lipinski definition) is 3. The van der Waals surface area contributed by atoms with E-state index in [1.54, 1.807) is 7.11 Å². The highest BCUT2D eigenvalue weighted by Crippen LogP contribution is 2.52. The molecule has 4 heteroatoms. The van der Waals surface area contributed by atoms with Crippen molar-refractivity contribution in [3.05, 3.63) is 182 Å². The minimum atomic E-state index is -0.683. The van der Waals surface area contributed by atoms with E-state index in [2.05, 4.69) is 145 Å². The van der Waals surface area contributed by atoms with Gasteiger partial charge >= 0.3 is 0 Å². The monoisotopic (exact) mass is 719 g/mol. The highest BCUT2D eigenvalue weighted by molar-refractivity contribution is 6.03. The first-order valence-corrected chi connectivity index (χ1v) is 19.6. The number of fused-ring (bicyclic) bond motifs is 4. The number of rotatable bonds is 10. The van der Waals surface area contributed by atoms with Crippen LogP contribution in [0.1, 0.15) is 30.1 Å². The van der Waals surface area contributed by atoms with E-state index in [1.807, 2.05) is 30.5 Å². The molecule has 7 aromatic rings. The number of aromatic nitrogens is 1. The van der Waals surface area contributed by atoms with E-state index in [4.69, 9.17) is 4.74 Å². The van der Waals surface area contributed by atoms with Crippen molar-refractivity contribution in [1.82, 2.24) is 4.98 Å². The minimum Gasteiger partial charge on any atom is -0.497 e. The number of benzene rings is 6. The Morgan fingerprint density at radius 1 is 0.745 bits per heavy atom. The lowest BCUT2D eigenvalue weighted by Crippen LogP contribution is -2.67.